The molecule has 0 saturated heterocycles. The zero-order valence-corrected chi connectivity index (χ0v) is 10.9. The number of nitrogens with zero attached hydrogens (tertiary/aromatic N) is 1. The SMILES string of the molecule is O=C(O)C1CN=C(c2ccccc2)C1c1ccccc1. The van der Waals surface area contributed by atoms with Gasteiger partial charge in [0.25, 0.3) is 0 Å². The Labute approximate surface area is 117 Å². The summed E-state index contributed by atoms with van der Waals surface area (Å²) in [5, 5.41) is 9.44. The second-order valence-electron chi connectivity index (χ2n) is 4.93. The number of carbonyl (C=O) groups is 1. The van der Waals surface area contributed by atoms with Gasteiger partial charge in [0.1, 0.15) is 0 Å². The molecule has 0 saturated carbocycles. The summed E-state index contributed by atoms with van der Waals surface area (Å²) >= 11 is 0. The summed E-state index contributed by atoms with van der Waals surface area (Å²) in [4.78, 5) is 16.0. The molecule has 3 rings (SSSR count). The van der Waals surface area contributed by atoms with E-state index in [0.29, 0.717) is 6.54 Å². The lowest BCUT2D eigenvalue weighted by molar-refractivity contribution is -0.141. The molecule has 0 aromatic heterocycles. The third-order valence-electron chi connectivity index (χ3n) is 3.70. The van der Waals surface area contributed by atoms with E-state index in [9.17, 15) is 9.90 Å². The van der Waals surface area contributed by atoms with Crippen molar-refractivity contribution in [1.82, 2.24) is 0 Å². The lowest BCUT2D eigenvalue weighted by Crippen LogP contribution is -2.25. The molecule has 3 nitrogen and oxygen atoms in total. The fourth-order valence-electron chi connectivity index (χ4n) is 2.74. The maximum atomic E-state index is 11.5. The second kappa shape index (κ2) is 5.29. The van der Waals surface area contributed by atoms with Crippen LogP contribution in [0.5, 0.6) is 0 Å². The van der Waals surface area contributed by atoms with Crippen molar-refractivity contribution in [3.05, 3.63) is 71.8 Å². The molecule has 2 aromatic carbocycles. The van der Waals surface area contributed by atoms with E-state index >= 15 is 0 Å². The minimum absolute atomic E-state index is 0.170. The summed E-state index contributed by atoms with van der Waals surface area (Å²) in [5.41, 5.74) is 2.90. The molecule has 20 heavy (non-hydrogen) atoms. The maximum Gasteiger partial charge on any atom is 0.309 e. The van der Waals surface area contributed by atoms with Crippen LogP contribution in [0.3, 0.4) is 0 Å². The van der Waals surface area contributed by atoms with Crippen LogP contribution >= 0.6 is 0 Å². The third kappa shape index (κ3) is 2.23. The van der Waals surface area contributed by atoms with Crippen LogP contribution in [0.15, 0.2) is 65.7 Å². The fraction of sp³-hybridized carbons (Fsp3) is 0.176. The highest BCUT2D eigenvalue weighted by Gasteiger charge is 2.37. The van der Waals surface area contributed by atoms with Gasteiger partial charge < -0.3 is 5.11 Å². The van der Waals surface area contributed by atoms with Crippen LogP contribution in [0.2, 0.25) is 0 Å². The van der Waals surface area contributed by atoms with E-state index in [4.69, 9.17) is 0 Å². The van der Waals surface area contributed by atoms with E-state index in [-0.39, 0.29) is 5.92 Å². The first-order valence-electron chi connectivity index (χ1n) is 6.65. The number of benzene rings is 2. The first kappa shape index (κ1) is 12.6. The smallest absolute Gasteiger partial charge is 0.309 e. The monoisotopic (exact) mass is 265 g/mol. The van der Waals surface area contributed by atoms with Gasteiger partial charge in [0, 0.05) is 5.92 Å². The van der Waals surface area contributed by atoms with Gasteiger partial charge in [-0.3, -0.25) is 9.79 Å². The van der Waals surface area contributed by atoms with Crippen LogP contribution in [-0.4, -0.2) is 23.3 Å². The molecule has 0 fully saturated rings. The quantitative estimate of drug-likeness (QED) is 0.927. The van der Waals surface area contributed by atoms with Gasteiger partial charge in [-0.1, -0.05) is 60.7 Å². The lowest BCUT2D eigenvalue weighted by atomic mass is 9.82. The Bertz CT molecular complexity index is 635. The third-order valence-corrected chi connectivity index (χ3v) is 3.70. The number of aliphatic imine (C=N–C) groups is 1. The fourth-order valence-corrected chi connectivity index (χ4v) is 2.74. The highest BCUT2D eigenvalue weighted by atomic mass is 16.4. The number of rotatable bonds is 3. The van der Waals surface area contributed by atoms with E-state index in [1.54, 1.807) is 0 Å². The summed E-state index contributed by atoms with van der Waals surface area (Å²) in [7, 11) is 0. The first-order valence-corrected chi connectivity index (χ1v) is 6.65. The topological polar surface area (TPSA) is 49.7 Å². The van der Waals surface area contributed by atoms with Crippen molar-refractivity contribution >= 4 is 11.7 Å². The van der Waals surface area contributed by atoms with Gasteiger partial charge in [0.2, 0.25) is 0 Å². The highest BCUT2D eigenvalue weighted by Crippen LogP contribution is 2.34. The summed E-state index contributed by atoms with van der Waals surface area (Å²) in [5.74, 6) is -1.43. The zero-order valence-electron chi connectivity index (χ0n) is 10.9. The van der Waals surface area contributed by atoms with Gasteiger partial charge in [-0.25, -0.2) is 0 Å². The van der Waals surface area contributed by atoms with E-state index in [2.05, 4.69) is 4.99 Å². The average molecular weight is 265 g/mol. The molecule has 2 atom stereocenters. The van der Waals surface area contributed by atoms with Crippen molar-refractivity contribution in [2.24, 2.45) is 10.9 Å². The standard InChI is InChI=1S/C17H15NO2/c19-17(20)14-11-18-16(13-9-5-2-6-10-13)15(14)12-7-3-1-4-8-12/h1-10,14-15H,11H2,(H,19,20). The van der Waals surface area contributed by atoms with Crippen molar-refractivity contribution in [2.45, 2.75) is 5.92 Å². The van der Waals surface area contributed by atoms with Gasteiger partial charge in [0.15, 0.2) is 0 Å². The van der Waals surface area contributed by atoms with Gasteiger partial charge >= 0.3 is 5.97 Å². The van der Waals surface area contributed by atoms with Crippen molar-refractivity contribution in [1.29, 1.82) is 0 Å². The number of aliphatic carboxylic acids is 1. The second-order valence-corrected chi connectivity index (χ2v) is 4.93. The predicted molar refractivity (Wildman–Crippen MR) is 78.2 cm³/mol. The largest absolute Gasteiger partial charge is 0.481 e. The molecule has 0 radical (unpaired) electrons. The summed E-state index contributed by atoms with van der Waals surface area (Å²) in [6.07, 6.45) is 0. The van der Waals surface area contributed by atoms with E-state index in [1.165, 1.54) is 0 Å². The van der Waals surface area contributed by atoms with E-state index in [1.807, 2.05) is 60.7 Å². The zero-order chi connectivity index (χ0) is 13.9. The lowest BCUT2D eigenvalue weighted by Gasteiger charge is -2.18. The average Bonchev–Trinajstić information content (AvgIpc) is 2.94. The Kier molecular flexibility index (Phi) is 3.33. The summed E-state index contributed by atoms with van der Waals surface area (Å²) in [6.45, 7) is 0.346. The van der Waals surface area contributed by atoms with E-state index < -0.39 is 11.9 Å². The Morgan fingerprint density at radius 2 is 1.60 bits per heavy atom. The van der Waals surface area contributed by atoms with Crippen LogP contribution < -0.4 is 0 Å². The highest BCUT2D eigenvalue weighted by molar-refractivity contribution is 6.08. The molecule has 0 bridgehead atoms. The molecular weight excluding hydrogens is 250 g/mol. The molecule has 1 aliphatic heterocycles. The Balaban J connectivity index is 2.04. The number of hydrogen-bond acceptors (Lipinski definition) is 2. The van der Waals surface area contributed by atoms with Crippen LogP contribution in [0.1, 0.15) is 17.0 Å². The van der Waals surface area contributed by atoms with E-state index in [0.717, 1.165) is 16.8 Å². The van der Waals surface area contributed by atoms with Crippen LogP contribution in [0, 0.1) is 5.92 Å². The van der Waals surface area contributed by atoms with Crippen molar-refractivity contribution in [3.8, 4) is 0 Å². The Morgan fingerprint density at radius 3 is 2.20 bits per heavy atom. The molecule has 1 aliphatic rings. The minimum Gasteiger partial charge on any atom is -0.481 e. The van der Waals surface area contributed by atoms with Gasteiger partial charge in [0.05, 0.1) is 18.2 Å². The molecule has 0 aliphatic carbocycles. The van der Waals surface area contributed by atoms with Crippen molar-refractivity contribution < 1.29 is 9.90 Å². The molecule has 1 N–H and O–H groups in total. The van der Waals surface area contributed by atoms with Gasteiger partial charge in [-0.2, -0.15) is 0 Å². The van der Waals surface area contributed by atoms with Crippen LogP contribution in [0.25, 0.3) is 0 Å². The molecule has 2 unspecified atom stereocenters. The van der Waals surface area contributed by atoms with Crippen molar-refractivity contribution in [2.75, 3.05) is 6.54 Å². The Morgan fingerprint density at radius 1 is 1.00 bits per heavy atom. The number of hydrogen-bond donors (Lipinski definition) is 1. The molecule has 0 spiro atoms. The van der Waals surface area contributed by atoms with Gasteiger partial charge in [-0.15, -0.1) is 0 Å². The normalized spacial score (nSPS) is 21.5. The minimum atomic E-state index is -0.784. The molecule has 3 heteroatoms. The summed E-state index contributed by atoms with van der Waals surface area (Å²) < 4.78 is 0. The maximum absolute atomic E-state index is 11.5. The predicted octanol–water partition coefficient (Wildman–Crippen LogP) is 2.97. The number of carboxylic acids is 1. The first-order chi connectivity index (χ1) is 9.77. The molecule has 1 heterocycles. The van der Waals surface area contributed by atoms with Crippen LogP contribution in [-0.2, 0) is 4.79 Å². The molecule has 100 valence electrons. The molecule has 0 amide bonds. The van der Waals surface area contributed by atoms with Crippen molar-refractivity contribution in [3.63, 3.8) is 0 Å². The summed E-state index contributed by atoms with van der Waals surface area (Å²) in [6, 6.07) is 19.6. The Hall–Kier alpha value is -2.42. The van der Waals surface area contributed by atoms with Gasteiger partial charge in [-0.05, 0) is 11.1 Å². The van der Waals surface area contributed by atoms with Crippen LogP contribution in [0.4, 0.5) is 0 Å². The number of carboxylic acid groups (broad SMARTS) is 1. The molecule has 2 aromatic rings. The molecular formula is C17H15NO2.